The molecular formula is HCsNiTaW. The summed E-state index contributed by atoms with van der Waals surface area (Å²) in [6, 6.07) is 0. The van der Waals surface area contributed by atoms with E-state index in [-0.39, 0.29) is 130 Å². The van der Waals surface area contributed by atoms with E-state index in [1.54, 1.807) is 0 Å². The molecule has 0 aromatic heterocycles. The molecule has 0 heterocycles. The molecule has 0 aliphatic rings. The Kier molecular flexibility index (Phi) is 96.8. The third kappa shape index (κ3) is 9.36. The van der Waals surface area contributed by atoms with Gasteiger partial charge in [-0.1, -0.05) is 0 Å². The zero-order valence-corrected chi connectivity index (χ0v) is 15.6. The third-order valence-corrected chi connectivity index (χ3v) is 0. The first-order chi connectivity index (χ1) is 0. The van der Waals surface area contributed by atoms with Crippen LogP contribution in [0.15, 0.2) is 0 Å². The SMILES string of the molecule is [Cs+].[H-].[Ni].[Ta].[W]. The molecule has 0 saturated heterocycles. The van der Waals surface area contributed by atoms with E-state index in [4.69, 9.17) is 0 Å². The van der Waals surface area contributed by atoms with Crippen LogP contribution in [0.25, 0.3) is 0 Å². The molecule has 0 amide bonds. The van der Waals surface area contributed by atoms with Gasteiger partial charge in [-0.2, -0.15) is 0 Å². The van der Waals surface area contributed by atoms with Crippen molar-refractivity contribution in [1.82, 2.24) is 0 Å². The van der Waals surface area contributed by atoms with Crippen LogP contribution in [0, 0.1) is 0 Å². The Balaban J connectivity index is 0. The Morgan fingerprint density at radius 2 is 1.25 bits per heavy atom. The van der Waals surface area contributed by atoms with Gasteiger partial charge in [0.25, 0.3) is 0 Å². The minimum absolute atomic E-state index is 0. The van der Waals surface area contributed by atoms with Crippen molar-refractivity contribution in [3.8, 4) is 0 Å². The molecule has 0 unspecified atom stereocenters. The molecule has 4 heavy (non-hydrogen) atoms. The maximum Gasteiger partial charge on any atom is 1.00 e. The van der Waals surface area contributed by atoms with Crippen LogP contribution >= 0.6 is 0 Å². The molecule has 0 aromatic rings. The third-order valence-electron chi connectivity index (χ3n) is 0. The van der Waals surface area contributed by atoms with Crippen molar-refractivity contribution in [2.24, 2.45) is 0 Å². The van der Waals surface area contributed by atoms with Crippen LogP contribution in [0.2, 0.25) is 0 Å². The second-order valence-electron chi connectivity index (χ2n) is 0. The van der Waals surface area contributed by atoms with Gasteiger partial charge in [0.1, 0.15) is 0 Å². The van der Waals surface area contributed by atoms with Crippen LogP contribution in [-0.4, -0.2) is 0 Å². The van der Waals surface area contributed by atoms with Gasteiger partial charge in [-0.15, -0.1) is 0 Å². The number of hydrogen-bond donors (Lipinski definition) is 0. The zero-order valence-electron chi connectivity index (χ0n) is 3.17. The quantitative estimate of drug-likeness (QED) is 0.281. The van der Waals surface area contributed by atoms with E-state index in [2.05, 4.69) is 0 Å². The topological polar surface area (TPSA) is 0 Å². The first-order valence-corrected chi connectivity index (χ1v) is 0. The van der Waals surface area contributed by atoms with E-state index in [9.17, 15) is 0 Å². The van der Waals surface area contributed by atoms with Gasteiger partial charge in [0, 0.05) is 59.9 Å². The number of rotatable bonds is 0. The summed E-state index contributed by atoms with van der Waals surface area (Å²) in [7, 11) is 0. The molecule has 1 radical (unpaired) electrons. The van der Waals surface area contributed by atoms with Gasteiger partial charge in [-0.25, -0.2) is 0 Å². The normalized spacial score (nSPS) is 0. The van der Waals surface area contributed by atoms with Crippen LogP contribution in [0.5, 0.6) is 0 Å². The van der Waals surface area contributed by atoms with Gasteiger partial charge in [0.2, 0.25) is 0 Å². The summed E-state index contributed by atoms with van der Waals surface area (Å²) >= 11 is 0. The van der Waals surface area contributed by atoms with Crippen LogP contribution in [0.4, 0.5) is 0 Å². The molecule has 0 saturated carbocycles. The fourth-order valence-electron chi connectivity index (χ4n) is 0. The van der Waals surface area contributed by atoms with E-state index in [0.29, 0.717) is 0 Å². The van der Waals surface area contributed by atoms with Crippen molar-refractivity contribution in [1.29, 1.82) is 0 Å². The average molecular weight is 557 g/mol. The minimum Gasteiger partial charge on any atom is -1.00 e. The van der Waals surface area contributed by atoms with Crippen molar-refractivity contribution in [2.75, 3.05) is 0 Å². The Bertz CT molecular complexity index is 11.6. The largest absolute Gasteiger partial charge is 1.00 e. The summed E-state index contributed by atoms with van der Waals surface area (Å²) in [4.78, 5) is 0. The second kappa shape index (κ2) is 15.8. The predicted molar refractivity (Wildman–Crippen MR) is 1.11 cm³/mol. The van der Waals surface area contributed by atoms with Crippen LogP contribution in [-0.2, 0) is 59.9 Å². The zero-order chi connectivity index (χ0) is 0. The molecule has 0 rings (SSSR count). The van der Waals surface area contributed by atoms with Crippen LogP contribution in [0.1, 0.15) is 1.43 Å². The molecular weight excluding hydrogens is 556 g/mol. The summed E-state index contributed by atoms with van der Waals surface area (Å²) in [6.07, 6.45) is 0. The maximum absolute atomic E-state index is 0. The number of hydrogen-bond acceptors (Lipinski definition) is 0. The Morgan fingerprint density at radius 1 is 1.25 bits per heavy atom. The van der Waals surface area contributed by atoms with Gasteiger partial charge in [0.05, 0.1) is 0 Å². The molecule has 4 heteroatoms. The summed E-state index contributed by atoms with van der Waals surface area (Å²) in [5, 5.41) is 0. The molecule has 0 atom stereocenters. The van der Waals surface area contributed by atoms with Gasteiger partial charge >= 0.3 is 68.9 Å². The summed E-state index contributed by atoms with van der Waals surface area (Å²) in [5.41, 5.74) is 0. The standard InChI is InChI=1S/Cs.Ni.Ta.W.H/q+1;;;;-1. The van der Waals surface area contributed by atoms with E-state index in [0.717, 1.165) is 0 Å². The first kappa shape index (κ1) is 24.6. The summed E-state index contributed by atoms with van der Waals surface area (Å²) in [5.74, 6) is 0. The molecule has 0 aliphatic carbocycles. The molecule has 0 bridgehead atoms. The molecule has 0 N–H and O–H groups in total. The van der Waals surface area contributed by atoms with Crippen molar-refractivity contribution in [3.63, 3.8) is 0 Å². The van der Waals surface area contributed by atoms with Gasteiger partial charge in [-0.05, 0) is 0 Å². The fraction of sp³-hybridized carbons (Fsp3) is 0. The van der Waals surface area contributed by atoms with Crippen molar-refractivity contribution >= 4 is 0 Å². The van der Waals surface area contributed by atoms with E-state index < -0.39 is 0 Å². The predicted octanol–water partition coefficient (Wildman–Crippen LogP) is -2.89. The van der Waals surface area contributed by atoms with Gasteiger partial charge < -0.3 is 1.43 Å². The van der Waals surface area contributed by atoms with Gasteiger partial charge in [-0.3, -0.25) is 0 Å². The smallest absolute Gasteiger partial charge is 1.00 e. The molecule has 23 valence electrons. The van der Waals surface area contributed by atoms with E-state index in [1.807, 2.05) is 0 Å². The summed E-state index contributed by atoms with van der Waals surface area (Å²) in [6.45, 7) is 0. The Morgan fingerprint density at radius 3 is 1.25 bits per heavy atom. The average Bonchev–Trinajstić information content (AvgIpc) is 0. The van der Waals surface area contributed by atoms with E-state index >= 15 is 0 Å². The van der Waals surface area contributed by atoms with E-state index in [1.165, 1.54) is 0 Å². The summed E-state index contributed by atoms with van der Waals surface area (Å²) < 4.78 is 0. The fourth-order valence-corrected chi connectivity index (χ4v) is 0. The maximum atomic E-state index is 0. The Labute approximate surface area is 126 Å². The van der Waals surface area contributed by atoms with Crippen molar-refractivity contribution in [2.45, 2.75) is 0 Å². The monoisotopic (exact) mass is 557 g/mol. The van der Waals surface area contributed by atoms with Crippen LogP contribution in [0.3, 0.4) is 0 Å². The van der Waals surface area contributed by atoms with Crippen molar-refractivity contribution in [3.05, 3.63) is 0 Å². The molecule has 0 fully saturated rings. The first-order valence-electron chi connectivity index (χ1n) is 0. The molecule has 0 aromatic carbocycles. The molecule has 0 spiro atoms. The molecule has 0 aliphatic heterocycles. The van der Waals surface area contributed by atoms with Gasteiger partial charge in [0.15, 0.2) is 0 Å². The van der Waals surface area contributed by atoms with Crippen molar-refractivity contribution < 1.29 is 130 Å². The van der Waals surface area contributed by atoms with Crippen LogP contribution < -0.4 is 68.9 Å². The molecule has 0 nitrogen and oxygen atoms in total. The Hall–Kier alpha value is 3.97. The second-order valence-corrected chi connectivity index (χ2v) is 0. The minimum atomic E-state index is 0.